The third-order valence-electron chi connectivity index (χ3n) is 4.37. The molecule has 0 aliphatic carbocycles. The van der Waals surface area contributed by atoms with Gasteiger partial charge in [0.2, 0.25) is 0 Å². The van der Waals surface area contributed by atoms with Crippen molar-refractivity contribution in [2.24, 2.45) is 5.10 Å². The van der Waals surface area contributed by atoms with Crippen LogP contribution in [-0.2, 0) is 6.61 Å². The summed E-state index contributed by atoms with van der Waals surface area (Å²) in [6, 6.07) is 16.0. The maximum Gasteiger partial charge on any atom is 0.271 e. The summed E-state index contributed by atoms with van der Waals surface area (Å²) in [5, 5.41) is 4.36. The molecule has 0 unspecified atom stereocenters. The number of methoxy groups -OCH3 is 1. The predicted molar refractivity (Wildman–Crippen MR) is 121 cm³/mol. The van der Waals surface area contributed by atoms with Crippen molar-refractivity contribution < 1.29 is 23.4 Å². The number of benzene rings is 3. The molecule has 0 spiro atoms. The Labute approximate surface area is 190 Å². The molecule has 1 N–H and O–H groups in total. The van der Waals surface area contributed by atoms with Crippen LogP contribution < -0.4 is 19.6 Å². The Morgan fingerprint density at radius 2 is 1.78 bits per heavy atom. The first-order valence-corrected chi connectivity index (χ1v) is 10.2. The van der Waals surface area contributed by atoms with Crippen LogP contribution in [0.4, 0.5) is 4.39 Å². The van der Waals surface area contributed by atoms with Gasteiger partial charge in [-0.15, -0.1) is 0 Å². The Morgan fingerprint density at radius 3 is 2.47 bits per heavy atom. The van der Waals surface area contributed by atoms with Crippen LogP contribution >= 0.6 is 11.6 Å². The number of carbonyl (C=O) groups is 1. The largest absolute Gasteiger partial charge is 0.493 e. The Morgan fingerprint density at radius 1 is 1.03 bits per heavy atom. The van der Waals surface area contributed by atoms with E-state index in [1.807, 2.05) is 6.92 Å². The van der Waals surface area contributed by atoms with Crippen molar-refractivity contribution in [3.63, 3.8) is 0 Å². The van der Waals surface area contributed by atoms with Gasteiger partial charge in [-0.05, 0) is 66.6 Å². The van der Waals surface area contributed by atoms with Crippen LogP contribution in [0.25, 0.3) is 0 Å². The monoisotopic (exact) mass is 456 g/mol. The number of nitrogens with zero attached hydrogens (tertiary/aromatic N) is 1. The number of halogens is 2. The van der Waals surface area contributed by atoms with Crippen molar-refractivity contribution in [1.29, 1.82) is 0 Å². The highest BCUT2D eigenvalue weighted by Gasteiger charge is 2.10. The number of carbonyl (C=O) groups excluding carboxylic acids is 1. The lowest BCUT2D eigenvalue weighted by atomic mass is 10.2. The molecule has 8 heteroatoms. The van der Waals surface area contributed by atoms with Gasteiger partial charge in [0, 0.05) is 5.56 Å². The van der Waals surface area contributed by atoms with Crippen LogP contribution in [0, 0.1) is 5.82 Å². The van der Waals surface area contributed by atoms with E-state index in [0.717, 1.165) is 5.56 Å². The minimum Gasteiger partial charge on any atom is -0.493 e. The summed E-state index contributed by atoms with van der Waals surface area (Å²) in [5.74, 6) is 0.814. The molecule has 3 aromatic rings. The van der Waals surface area contributed by atoms with Gasteiger partial charge in [-0.25, -0.2) is 9.82 Å². The Balaban J connectivity index is 1.58. The van der Waals surface area contributed by atoms with E-state index >= 15 is 0 Å². The van der Waals surface area contributed by atoms with Crippen molar-refractivity contribution in [3.8, 4) is 17.2 Å². The highest BCUT2D eigenvalue weighted by Crippen LogP contribution is 2.28. The van der Waals surface area contributed by atoms with Crippen LogP contribution in [0.15, 0.2) is 65.8 Å². The molecule has 0 aliphatic rings. The Bertz CT molecular complexity index is 1100. The molecule has 0 saturated heterocycles. The molecule has 166 valence electrons. The van der Waals surface area contributed by atoms with Crippen molar-refractivity contribution >= 4 is 23.7 Å². The summed E-state index contributed by atoms with van der Waals surface area (Å²) in [6.07, 6.45) is 1.47. The zero-order valence-corrected chi connectivity index (χ0v) is 18.4. The molecule has 0 radical (unpaired) electrons. The van der Waals surface area contributed by atoms with Gasteiger partial charge in [0.15, 0.2) is 11.5 Å². The molecule has 0 heterocycles. The summed E-state index contributed by atoms with van der Waals surface area (Å²) in [5.41, 5.74) is 4.34. The summed E-state index contributed by atoms with van der Waals surface area (Å²) in [6.45, 7) is 2.62. The second-order valence-corrected chi connectivity index (χ2v) is 7.01. The maximum atomic E-state index is 13.0. The van der Waals surface area contributed by atoms with Gasteiger partial charge in [-0.2, -0.15) is 5.10 Å². The molecule has 32 heavy (non-hydrogen) atoms. The highest BCUT2D eigenvalue weighted by molar-refractivity contribution is 6.32. The summed E-state index contributed by atoms with van der Waals surface area (Å²) in [7, 11) is 1.51. The molecular formula is C24H22ClFN2O4. The average molecular weight is 457 g/mol. The predicted octanol–water partition coefficient (Wildman–Crippen LogP) is 5.23. The second-order valence-electron chi connectivity index (χ2n) is 6.60. The molecule has 3 aromatic carbocycles. The van der Waals surface area contributed by atoms with Crippen molar-refractivity contribution in [2.75, 3.05) is 13.7 Å². The molecular weight excluding hydrogens is 435 g/mol. The number of hydrogen-bond donors (Lipinski definition) is 1. The highest BCUT2D eigenvalue weighted by atomic mass is 35.5. The van der Waals surface area contributed by atoms with Crippen LogP contribution in [0.3, 0.4) is 0 Å². The van der Waals surface area contributed by atoms with Gasteiger partial charge in [0.25, 0.3) is 5.91 Å². The van der Waals surface area contributed by atoms with E-state index < -0.39 is 5.91 Å². The first-order valence-electron chi connectivity index (χ1n) is 9.81. The molecule has 3 rings (SSSR count). The van der Waals surface area contributed by atoms with E-state index in [0.29, 0.717) is 40.0 Å². The standard InChI is InChI=1S/C24H22ClFN2O4/c1-3-31-22-11-7-18(13-23(22)30-2)24(29)28-27-14-17-6-10-21(20(25)12-17)32-15-16-4-8-19(26)9-5-16/h4-14H,3,15H2,1-2H3,(H,28,29)/b27-14+. The summed E-state index contributed by atoms with van der Waals surface area (Å²) < 4.78 is 29.3. The first-order chi connectivity index (χ1) is 15.5. The summed E-state index contributed by atoms with van der Waals surface area (Å²) in [4.78, 5) is 12.3. The molecule has 6 nitrogen and oxygen atoms in total. The Kier molecular flexibility index (Phi) is 8.05. The van der Waals surface area contributed by atoms with E-state index in [1.165, 1.54) is 25.5 Å². The lowest BCUT2D eigenvalue weighted by Gasteiger charge is -2.10. The van der Waals surface area contributed by atoms with Crippen molar-refractivity contribution in [1.82, 2.24) is 5.43 Å². The fourth-order valence-electron chi connectivity index (χ4n) is 2.77. The van der Waals surface area contributed by atoms with Gasteiger partial charge >= 0.3 is 0 Å². The maximum absolute atomic E-state index is 13.0. The van der Waals surface area contributed by atoms with Gasteiger partial charge in [0.1, 0.15) is 18.2 Å². The van der Waals surface area contributed by atoms with Crippen LogP contribution in [-0.4, -0.2) is 25.8 Å². The number of nitrogens with one attached hydrogen (secondary N) is 1. The van der Waals surface area contributed by atoms with Crippen molar-refractivity contribution in [2.45, 2.75) is 13.5 Å². The fourth-order valence-corrected chi connectivity index (χ4v) is 3.01. The zero-order valence-electron chi connectivity index (χ0n) is 17.6. The number of rotatable bonds is 9. The zero-order chi connectivity index (χ0) is 22.9. The molecule has 0 aromatic heterocycles. The van der Waals surface area contributed by atoms with Crippen LogP contribution in [0.5, 0.6) is 17.2 Å². The van der Waals surface area contributed by atoms with Gasteiger partial charge in [-0.3, -0.25) is 4.79 Å². The SMILES string of the molecule is CCOc1ccc(C(=O)N/N=C/c2ccc(OCc3ccc(F)cc3)c(Cl)c2)cc1OC. The van der Waals surface area contributed by atoms with E-state index in [4.69, 9.17) is 25.8 Å². The first kappa shape index (κ1) is 23.1. The molecule has 1 amide bonds. The van der Waals surface area contributed by atoms with Gasteiger partial charge in [0.05, 0.1) is 25.0 Å². The normalized spacial score (nSPS) is 10.8. The smallest absolute Gasteiger partial charge is 0.271 e. The lowest BCUT2D eigenvalue weighted by molar-refractivity contribution is 0.0954. The number of amides is 1. The summed E-state index contributed by atoms with van der Waals surface area (Å²) >= 11 is 6.27. The van der Waals surface area contributed by atoms with Crippen LogP contribution in [0.1, 0.15) is 28.4 Å². The van der Waals surface area contributed by atoms with E-state index in [-0.39, 0.29) is 12.4 Å². The Hall–Kier alpha value is -3.58. The van der Waals surface area contributed by atoms with E-state index in [9.17, 15) is 9.18 Å². The van der Waals surface area contributed by atoms with E-state index in [2.05, 4.69) is 10.5 Å². The molecule has 0 atom stereocenters. The second kappa shape index (κ2) is 11.2. The third kappa shape index (κ3) is 6.21. The number of ether oxygens (including phenoxy) is 3. The lowest BCUT2D eigenvalue weighted by Crippen LogP contribution is -2.17. The topological polar surface area (TPSA) is 69.2 Å². The molecule has 0 bridgehead atoms. The van der Waals surface area contributed by atoms with Crippen LogP contribution in [0.2, 0.25) is 5.02 Å². The average Bonchev–Trinajstić information content (AvgIpc) is 2.80. The quantitative estimate of drug-likeness (QED) is 0.353. The van der Waals surface area contributed by atoms with Gasteiger partial charge < -0.3 is 14.2 Å². The molecule has 0 aliphatic heterocycles. The van der Waals surface area contributed by atoms with Gasteiger partial charge in [-0.1, -0.05) is 23.7 Å². The van der Waals surface area contributed by atoms with E-state index in [1.54, 1.807) is 48.5 Å². The third-order valence-corrected chi connectivity index (χ3v) is 4.66. The number of hydrazone groups is 1. The molecule has 0 fully saturated rings. The molecule has 0 saturated carbocycles. The minimum absolute atomic E-state index is 0.259. The minimum atomic E-state index is -0.395. The fraction of sp³-hybridized carbons (Fsp3) is 0.167. The number of hydrogen-bond acceptors (Lipinski definition) is 5. The van der Waals surface area contributed by atoms with Crippen molar-refractivity contribution in [3.05, 3.63) is 88.2 Å².